The van der Waals surface area contributed by atoms with Crippen molar-refractivity contribution >= 4 is 11.7 Å². The summed E-state index contributed by atoms with van der Waals surface area (Å²) in [7, 11) is 1.73. The van der Waals surface area contributed by atoms with Gasteiger partial charge in [0, 0.05) is 18.8 Å². The smallest absolute Gasteiger partial charge is 0.254 e. The molecule has 1 aliphatic rings. The van der Waals surface area contributed by atoms with Crippen molar-refractivity contribution < 1.29 is 9.90 Å². The van der Waals surface area contributed by atoms with E-state index >= 15 is 0 Å². The number of aromatic nitrogens is 1. The Morgan fingerprint density at radius 3 is 2.89 bits per heavy atom. The number of pyridine rings is 1. The Kier molecular flexibility index (Phi) is 3.81. The van der Waals surface area contributed by atoms with Gasteiger partial charge < -0.3 is 15.7 Å². The second kappa shape index (κ2) is 5.35. The van der Waals surface area contributed by atoms with E-state index in [0.717, 1.165) is 25.7 Å². The number of aliphatic hydroxyl groups is 1. The fraction of sp³-hybridized carbons (Fsp3) is 0.538. The number of nitrogens with zero attached hydrogens (tertiary/aromatic N) is 2. The van der Waals surface area contributed by atoms with Crippen LogP contribution in [0.4, 0.5) is 5.82 Å². The predicted molar refractivity (Wildman–Crippen MR) is 69.0 cm³/mol. The predicted octanol–water partition coefficient (Wildman–Crippen LogP) is 1.04. The first-order chi connectivity index (χ1) is 8.59. The van der Waals surface area contributed by atoms with Crippen molar-refractivity contribution in [1.29, 1.82) is 0 Å². The van der Waals surface area contributed by atoms with Gasteiger partial charge in [-0.05, 0) is 25.0 Å². The number of hydrogen-bond donors (Lipinski definition) is 2. The molecule has 1 amide bonds. The molecule has 1 aromatic heterocycles. The third kappa shape index (κ3) is 2.61. The van der Waals surface area contributed by atoms with Crippen molar-refractivity contribution in [2.75, 3.05) is 12.8 Å². The van der Waals surface area contributed by atoms with E-state index in [-0.39, 0.29) is 11.9 Å². The van der Waals surface area contributed by atoms with Gasteiger partial charge in [0.2, 0.25) is 0 Å². The molecule has 1 saturated carbocycles. The van der Waals surface area contributed by atoms with Crippen LogP contribution < -0.4 is 5.73 Å². The summed E-state index contributed by atoms with van der Waals surface area (Å²) in [5.74, 6) is 0.216. The highest BCUT2D eigenvalue weighted by atomic mass is 16.3. The van der Waals surface area contributed by atoms with Gasteiger partial charge in [-0.15, -0.1) is 0 Å². The highest BCUT2D eigenvalue weighted by Gasteiger charge is 2.29. The molecule has 98 valence electrons. The first-order valence-electron chi connectivity index (χ1n) is 6.26. The van der Waals surface area contributed by atoms with E-state index in [1.807, 2.05) is 0 Å². The Morgan fingerprint density at radius 2 is 2.22 bits per heavy atom. The number of carbonyl (C=O) groups is 1. The van der Waals surface area contributed by atoms with Crippen LogP contribution in [0.3, 0.4) is 0 Å². The minimum absolute atomic E-state index is 0.0966. The van der Waals surface area contributed by atoms with Crippen LogP contribution in [-0.4, -0.2) is 40.1 Å². The van der Waals surface area contributed by atoms with Crippen LogP contribution in [0, 0.1) is 0 Å². The third-order valence-electron chi connectivity index (χ3n) is 3.54. The maximum atomic E-state index is 12.3. The fourth-order valence-electron chi connectivity index (χ4n) is 2.48. The van der Waals surface area contributed by atoms with Gasteiger partial charge in [-0.1, -0.05) is 12.8 Å². The molecule has 2 unspecified atom stereocenters. The molecule has 5 nitrogen and oxygen atoms in total. The largest absolute Gasteiger partial charge is 0.391 e. The summed E-state index contributed by atoms with van der Waals surface area (Å²) in [5, 5.41) is 9.96. The summed E-state index contributed by atoms with van der Waals surface area (Å²) >= 11 is 0. The van der Waals surface area contributed by atoms with Crippen molar-refractivity contribution in [2.24, 2.45) is 0 Å². The van der Waals surface area contributed by atoms with Crippen LogP contribution in [0.1, 0.15) is 36.0 Å². The summed E-state index contributed by atoms with van der Waals surface area (Å²) < 4.78 is 0. The number of anilines is 1. The minimum atomic E-state index is -0.424. The number of aliphatic hydroxyl groups excluding tert-OH is 1. The molecule has 0 spiro atoms. The minimum Gasteiger partial charge on any atom is -0.391 e. The number of carbonyl (C=O) groups excluding carboxylic acids is 1. The maximum absolute atomic E-state index is 12.3. The van der Waals surface area contributed by atoms with Gasteiger partial charge in [-0.2, -0.15) is 0 Å². The summed E-state index contributed by atoms with van der Waals surface area (Å²) in [5.41, 5.74) is 6.09. The Bertz CT molecular complexity index is 436. The molecular formula is C13H19N3O2. The number of nitrogen functional groups attached to an aromatic ring is 1. The topological polar surface area (TPSA) is 79.5 Å². The Labute approximate surface area is 107 Å². The average Bonchev–Trinajstić information content (AvgIpc) is 2.37. The monoisotopic (exact) mass is 249 g/mol. The average molecular weight is 249 g/mol. The van der Waals surface area contributed by atoms with E-state index in [1.54, 1.807) is 24.1 Å². The van der Waals surface area contributed by atoms with E-state index in [0.29, 0.717) is 11.4 Å². The molecular weight excluding hydrogens is 230 g/mol. The van der Waals surface area contributed by atoms with Crippen LogP contribution in [-0.2, 0) is 0 Å². The molecule has 0 aromatic carbocycles. The van der Waals surface area contributed by atoms with E-state index in [4.69, 9.17) is 5.73 Å². The van der Waals surface area contributed by atoms with Crippen molar-refractivity contribution in [3.63, 3.8) is 0 Å². The van der Waals surface area contributed by atoms with Gasteiger partial charge in [-0.3, -0.25) is 4.79 Å². The molecule has 2 atom stereocenters. The normalized spacial score (nSPS) is 23.7. The second-order valence-corrected chi connectivity index (χ2v) is 4.80. The number of rotatable bonds is 2. The lowest BCUT2D eigenvalue weighted by molar-refractivity contribution is 0.0268. The summed E-state index contributed by atoms with van der Waals surface area (Å²) in [6, 6.07) is 3.11. The summed E-state index contributed by atoms with van der Waals surface area (Å²) in [6.45, 7) is 0. The van der Waals surface area contributed by atoms with Gasteiger partial charge in [0.05, 0.1) is 12.1 Å². The molecule has 0 aliphatic heterocycles. The molecule has 1 heterocycles. The summed E-state index contributed by atoms with van der Waals surface area (Å²) in [6.07, 6.45) is 4.80. The highest BCUT2D eigenvalue weighted by Crippen LogP contribution is 2.23. The number of amides is 1. The fourth-order valence-corrected chi connectivity index (χ4v) is 2.48. The van der Waals surface area contributed by atoms with Gasteiger partial charge in [-0.25, -0.2) is 4.98 Å². The van der Waals surface area contributed by atoms with Gasteiger partial charge >= 0.3 is 0 Å². The first kappa shape index (κ1) is 12.8. The van der Waals surface area contributed by atoms with Crippen molar-refractivity contribution in [3.05, 3.63) is 23.9 Å². The molecule has 18 heavy (non-hydrogen) atoms. The zero-order valence-electron chi connectivity index (χ0n) is 10.5. The van der Waals surface area contributed by atoms with Crippen molar-refractivity contribution in [2.45, 2.75) is 37.8 Å². The molecule has 0 saturated heterocycles. The highest BCUT2D eigenvalue weighted by molar-refractivity contribution is 5.94. The van der Waals surface area contributed by atoms with Crippen LogP contribution in [0.5, 0.6) is 0 Å². The van der Waals surface area contributed by atoms with Crippen LogP contribution >= 0.6 is 0 Å². The molecule has 0 radical (unpaired) electrons. The van der Waals surface area contributed by atoms with Gasteiger partial charge in [0.15, 0.2) is 0 Å². The Hall–Kier alpha value is -1.62. The Balaban J connectivity index is 2.13. The zero-order chi connectivity index (χ0) is 13.1. The van der Waals surface area contributed by atoms with E-state index < -0.39 is 6.10 Å². The Morgan fingerprint density at radius 1 is 1.50 bits per heavy atom. The first-order valence-corrected chi connectivity index (χ1v) is 6.26. The van der Waals surface area contributed by atoms with E-state index in [2.05, 4.69) is 4.98 Å². The molecule has 0 bridgehead atoms. The molecule has 2 rings (SSSR count). The molecule has 1 aromatic rings. The number of likely N-dealkylation sites (N-methyl/N-ethyl adjacent to an activating group) is 1. The lowest BCUT2D eigenvalue weighted by Gasteiger charge is -2.35. The van der Waals surface area contributed by atoms with Crippen LogP contribution in [0.2, 0.25) is 0 Å². The lowest BCUT2D eigenvalue weighted by Crippen LogP contribution is -2.46. The zero-order valence-corrected chi connectivity index (χ0v) is 10.5. The molecule has 5 heteroatoms. The van der Waals surface area contributed by atoms with E-state index in [9.17, 15) is 9.90 Å². The second-order valence-electron chi connectivity index (χ2n) is 4.80. The third-order valence-corrected chi connectivity index (χ3v) is 3.54. The van der Waals surface area contributed by atoms with Crippen LogP contribution in [0.25, 0.3) is 0 Å². The standard InChI is InChI=1S/C13H19N3O2/c1-16(10-4-2-3-5-11(10)17)13(18)9-6-7-15-12(14)8-9/h6-8,10-11,17H,2-5H2,1H3,(H2,14,15). The SMILES string of the molecule is CN(C(=O)c1ccnc(N)c1)C1CCCCC1O. The number of hydrogen-bond acceptors (Lipinski definition) is 4. The number of nitrogens with two attached hydrogens (primary N) is 1. The molecule has 1 fully saturated rings. The lowest BCUT2D eigenvalue weighted by atomic mass is 9.91. The van der Waals surface area contributed by atoms with Gasteiger partial charge in [0.1, 0.15) is 5.82 Å². The van der Waals surface area contributed by atoms with Crippen molar-refractivity contribution in [1.82, 2.24) is 9.88 Å². The maximum Gasteiger partial charge on any atom is 0.254 e. The molecule has 3 N–H and O–H groups in total. The molecule has 1 aliphatic carbocycles. The summed E-state index contributed by atoms with van der Waals surface area (Å²) in [4.78, 5) is 17.8. The van der Waals surface area contributed by atoms with Gasteiger partial charge in [0.25, 0.3) is 5.91 Å². The quantitative estimate of drug-likeness (QED) is 0.820. The van der Waals surface area contributed by atoms with Crippen molar-refractivity contribution in [3.8, 4) is 0 Å². The van der Waals surface area contributed by atoms with E-state index in [1.165, 1.54) is 6.20 Å². The van der Waals surface area contributed by atoms with Crippen LogP contribution in [0.15, 0.2) is 18.3 Å².